The molecule has 0 unspecified atom stereocenters. The zero-order chi connectivity index (χ0) is 17.1. The van der Waals surface area contributed by atoms with E-state index in [9.17, 15) is 4.79 Å². The van der Waals surface area contributed by atoms with Crippen LogP contribution in [-0.2, 0) is 5.75 Å². The summed E-state index contributed by atoms with van der Waals surface area (Å²) in [7, 11) is 0. The number of amides is 1. The molecule has 0 radical (unpaired) electrons. The molecule has 0 saturated heterocycles. The van der Waals surface area contributed by atoms with Gasteiger partial charge in [-0.25, -0.2) is 4.98 Å². The Kier molecular flexibility index (Phi) is 4.74. The SMILES string of the molecule is O=C(NC1CCCC1)c1ccc(SCc2cn3ccccc3n2)cc1. The summed E-state index contributed by atoms with van der Waals surface area (Å²) in [5.74, 6) is 0.860. The van der Waals surface area contributed by atoms with Gasteiger partial charge in [-0.15, -0.1) is 11.8 Å². The second-order valence-electron chi connectivity index (χ2n) is 6.47. The second-order valence-corrected chi connectivity index (χ2v) is 7.51. The summed E-state index contributed by atoms with van der Waals surface area (Å²) in [6.07, 6.45) is 8.74. The topological polar surface area (TPSA) is 46.4 Å². The van der Waals surface area contributed by atoms with Crippen molar-refractivity contribution in [1.82, 2.24) is 14.7 Å². The fourth-order valence-corrected chi connectivity index (χ4v) is 4.04. The maximum Gasteiger partial charge on any atom is 0.251 e. The van der Waals surface area contributed by atoms with Gasteiger partial charge in [0.05, 0.1) is 5.69 Å². The van der Waals surface area contributed by atoms with Crippen molar-refractivity contribution in [3.63, 3.8) is 0 Å². The highest BCUT2D eigenvalue weighted by atomic mass is 32.2. The van der Waals surface area contributed by atoms with E-state index in [0.29, 0.717) is 6.04 Å². The molecule has 1 amide bonds. The van der Waals surface area contributed by atoms with Gasteiger partial charge >= 0.3 is 0 Å². The van der Waals surface area contributed by atoms with Gasteiger partial charge < -0.3 is 9.72 Å². The van der Waals surface area contributed by atoms with Crippen LogP contribution in [-0.4, -0.2) is 21.3 Å². The van der Waals surface area contributed by atoms with E-state index in [0.717, 1.165) is 40.4 Å². The Bertz CT molecular complexity index is 833. The monoisotopic (exact) mass is 351 g/mol. The summed E-state index contributed by atoms with van der Waals surface area (Å²) < 4.78 is 2.03. The number of carbonyl (C=O) groups excluding carboxylic acids is 1. The zero-order valence-corrected chi connectivity index (χ0v) is 14.8. The summed E-state index contributed by atoms with van der Waals surface area (Å²) >= 11 is 1.73. The van der Waals surface area contributed by atoms with Crippen LogP contribution in [0.1, 0.15) is 41.7 Å². The van der Waals surface area contributed by atoms with Crippen LogP contribution in [0.25, 0.3) is 5.65 Å². The van der Waals surface area contributed by atoms with E-state index in [4.69, 9.17) is 0 Å². The third kappa shape index (κ3) is 3.87. The Morgan fingerprint density at radius 1 is 1.16 bits per heavy atom. The number of hydrogen-bond acceptors (Lipinski definition) is 3. The van der Waals surface area contributed by atoms with Crippen LogP contribution >= 0.6 is 11.8 Å². The Morgan fingerprint density at radius 2 is 1.96 bits per heavy atom. The number of imidazole rings is 1. The van der Waals surface area contributed by atoms with Crippen LogP contribution < -0.4 is 5.32 Å². The van der Waals surface area contributed by atoms with Crippen LogP contribution in [0.5, 0.6) is 0 Å². The molecule has 25 heavy (non-hydrogen) atoms. The molecule has 0 bridgehead atoms. The lowest BCUT2D eigenvalue weighted by molar-refractivity contribution is 0.0938. The summed E-state index contributed by atoms with van der Waals surface area (Å²) in [6, 6.07) is 14.2. The third-order valence-electron chi connectivity index (χ3n) is 4.61. The summed E-state index contributed by atoms with van der Waals surface area (Å²) in [6.45, 7) is 0. The highest BCUT2D eigenvalue weighted by molar-refractivity contribution is 7.98. The van der Waals surface area contributed by atoms with E-state index >= 15 is 0 Å². The second kappa shape index (κ2) is 7.31. The van der Waals surface area contributed by atoms with E-state index in [-0.39, 0.29) is 5.91 Å². The van der Waals surface area contributed by atoms with Gasteiger partial charge in [0.15, 0.2) is 0 Å². The van der Waals surface area contributed by atoms with Crippen molar-refractivity contribution in [3.05, 3.63) is 66.1 Å². The summed E-state index contributed by atoms with van der Waals surface area (Å²) in [5, 5.41) is 3.13. The molecule has 5 heteroatoms. The first-order chi connectivity index (χ1) is 12.3. The molecular weight excluding hydrogens is 330 g/mol. The first-order valence-electron chi connectivity index (χ1n) is 8.74. The van der Waals surface area contributed by atoms with Crippen molar-refractivity contribution < 1.29 is 4.79 Å². The van der Waals surface area contributed by atoms with Crippen molar-refractivity contribution in [1.29, 1.82) is 0 Å². The number of hydrogen-bond donors (Lipinski definition) is 1. The van der Waals surface area contributed by atoms with Gasteiger partial charge in [-0.1, -0.05) is 18.9 Å². The molecule has 2 heterocycles. The van der Waals surface area contributed by atoms with E-state index in [2.05, 4.69) is 16.5 Å². The van der Waals surface area contributed by atoms with Gasteiger partial charge in [0.1, 0.15) is 5.65 Å². The van der Waals surface area contributed by atoms with E-state index in [1.807, 2.05) is 53.1 Å². The minimum atomic E-state index is 0.0452. The zero-order valence-electron chi connectivity index (χ0n) is 14.0. The highest BCUT2D eigenvalue weighted by Gasteiger charge is 2.17. The Morgan fingerprint density at radius 3 is 2.72 bits per heavy atom. The Hall–Kier alpha value is -2.27. The molecule has 4 nitrogen and oxygen atoms in total. The molecule has 1 aliphatic rings. The molecule has 1 aromatic carbocycles. The normalized spacial score (nSPS) is 14.9. The van der Waals surface area contributed by atoms with Crippen molar-refractivity contribution in [2.45, 2.75) is 42.4 Å². The molecule has 3 aromatic rings. The molecule has 128 valence electrons. The van der Waals surface area contributed by atoms with Gasteiger partial charge in [0.2, 0.25) is 0 Å². The molecule has 0 atom stereocenters. The van der Waals surface area contributed by atoms with Crippen LogP contribution in [0.4, 0.5) is 0 Å². The first kappa shape index (κ1) is 16.2. The minimum Gasteiger partial charge on any atom is -0.349 e. The van der Waals surface area contributed by atoms with Gasteiger partial charge in [-0.05, 0) is 49.2 Å². The Balaban J connectivity index is 1.35. The maximum atomic E-state index is 12.3. The molecule has 1 fully saturated rings. The lowest BCUT2D eigenvalue weighted by Gasteiger charge is -2.12. The van der Waals surface area contributed by atoms with E-state index in [1.54, 1.807) is 11.8 Å². The van der Waals surface area contributed by atoms with E-state index in [1.165, 1.54) is 12.8 Å². The molecule has 4 rings (SSSR count). The number of rotatable bonds is 5. The van der Waals surface area contributed by atoms with Gasteiger partial charge in [-0.2, -0.15) is 0 Å². The van der Waals surface area contributed by atoms with Crippen molar-refractivity contribution in [3.8, 4) is 0 Å². The maximum absolute atomic E-state index is 12.3. The lowest BCUT2D eigenvalue weighted by atomic mass is 10.2. The van der Waals surface area contributed by atoms with Gasteiger partial charge in [-0.3, -0.25) is 4.79 Å². The van der Waals surface area contributed by atoms with Crippen LogP contribution in [0.15, 0.2) is 59.8 Å². The van der Waals surface area contributed by atoms with Crippen molar-refractivity contribution >= 4 is 23.3 Å². The standard InChI is InChI=1S/C20H21N3OS/c24-20(22-16-5-1-2-6-16)15-8-10-18(11-9-15)25-14-17-13-23-12-4-3-7-19(23)21-17/h3-4,7-13,16H,1-2,5-6,14H2,(H,22,24). The van der Waals surface area contributed by atoms with Crippen LogP contribution in [0.3, 0.4) is 0 Å². The number of fused-ring (bicyclic) bond motifs is 1. The quantitative estimate of drug-likeness (QED) is 0.697. The molecule has 2 aromatic heterocycles. The predicted octanol–water partition coefficient (Wildman–Crippen LogP) is 4.30. The summed E-state index contributed by atoms with van der Waals surface area (Å²) in [4.78, 5) is 18.0. The van der Waals surface area contributed by atoms with E-state index < -0.39 is 0 Å². The molecular formula is C20H21N3OS. The van der Waals surface area contributed by atoms with Gasteiger partial charge in [0, 0.05) is 34.6 Å². The van der Waals surface area contributed by atoms with Crippen molar-refractivity contribution in [2.24, 2.45) is 0 Å². The summed E-state index contributed by atoms with van der Waals surface area (Å²) in [5.41, 5.74) is 2.76. The lowest BCUT2D eigenvalue weighted by Crippen LogP contribution is -2.32. The minimum absolute atomic E-state index is 0.0452. The Labute approximate surface area is 151 Å². The molecule has 1 saturated carbocycles. The number of benzene rings is 1. The van der Waals surface area contributed by atoms with Crippen LogP contribution in [0.2, 0.25) is 0 Å². The fraction of sp³-hybridized carbons (Fsp3) is 0.300. The number of nitrogens with one attached hydrogen (secondary N) is 1. The fourth-order valence-electron chi connectivity index (χ4n) is 3.26. The smallest absolute Gasteiger partial charge is 0.251 e. The number of carbonyl (C=O) groups is 1. The largest absolute Gasteiger partial charge is 0.349 e. The third-order valence-corrected chi connectivity index (χ3v) is 5.65. The predicted molar refractivity (Wildman–Crippen MR) is 101 cm³/mol. The van der Waals surface area contributed by atoms with Crippen LogP contribution in [0, 0.1) is 0 Å². The number of pyridine rings is 1. The number of thioether (sulfide) groups is 1. The van der Waals surface area contributed by atoms with Gasteiger partial charge in [0.25, 0.3) is 5.91 Å². The average molecular weight is 351 g/mol. The molecule has 1 N–H and O–H groups in total. The highest BCUT2D eigenvalue weighted by Crippen LogP contribution is 2.23. The van der Waals surface area contributed by atoms with Crippen molar-refractivity contribution in [2.75, 3.05) is 0 Å². The number of nitrogens with zero attached hydrogens (tertiary/aromatic N) is 2. The molecule has 0 spiro atoms. The first-order valence-corrected chi connectivity index (χ1v) is 9.73. The number of aromatic nitrogens is 2. The average Bonchev–Trinajstić information content (AvgIpc) is 3.29. The molecule has 1 aliphatic carbocycles. The molecule has 0 aliphatic heterocycles.